The second-order valence-electron chi connectivity index (χ2n) is 3.97. The SMILES string of the molecule is Cc1cc(N)nn1CC(=O)N(C)C(C)C. The van der Waals surface area contributed by atoms with Gasteiger partial charge in [0.15, 0.2) is 0 Å². The highest BCUT2D eigenvalue weighted by atomic mass is 16.2. The quantitative estimate of drug-likeness (QED) is 0.796. The lowest BCUT2D eigenvalue weighted by Crippen LogP contribution is -2.35. The second kappa shape index (κ2) is 4.33. The number of nitrogen functional groups attached to an aromatic ring is 1. The number of aromatic nitrogens is 2. The molecule has 0 aromatic carbocycles. The molecule has 0 saturated carbocycles. The zero-order chi connectivity index (χ0) is 11.6. The summed E-state index contributed by atoms with van der Waals surface area (Å²) >= 11 is 0. The Labute approximate surface area is 89.9 Å². The van der Waals surface area contributed by atoms with Gasteiger partial charge < -0.3 is 10.6 Å². The Morgan fingerprint density at radius 2 is 2.27 bits per heavy atom. The first-order chi connectivity index (χ1) is 6.91. The molecule has 5 nitrogen and oxygen atoms in total. The molecule has 1 aromatic rings. The number of carbonyl (C=O) groups is 1. The van der Waals surface area contributed by atoms with Gasteiger partial charge >= 0.3 is 0 Å². The maximum atomic E-state index is 11.7. The topological polar surface area (TPSA) is 64.1 Å². The number of nitrogens with two attached hydrogens (primary N) is 1. The van der Waals surface area contributed by atoms with E-state index in [-0.39, 0.29) is 18.5 Å². The number of carbonyl (C=O) groups excluding carboxylic acids is 1. The molecular weight excluding hydrogens is 192 g/mol. The lowest BCUT2D eigenvalue weighted by molar-refractivity contribution is -0.132. The molecule has 0 aliphatic rings. The molecule has 0 bridgehead atoms. The molecule has 1 rings (SSSR count). The van der Waals surface area contributed by atoms with Crippen molar-refractivity contribution in [1.82, 2.24) is 14.7 Å². The minimum atomic E-state index is 0.0381. The fourth-order valence-corrected chi connectivity index (χ4v) is 1.22. The van der Waals surface area contributed by atoms with Crippen molar-refractivity contribution in [2.24, 2.45) is 0 Å². The number of amides is 1. The van der Waals surface area contributed by atoms with Crippen LogP contribution in [0.3, 0.4) is 0 Å². The monoisotopic (exact) mass is 210 g/mol. The maximum absolute atomic E-state index is 11.7. The Bertz CT molecular complexity index is 356. The number of hydrogen-bond donors (Lipinski definition) is 1. The number of aryl methyl sites for hydroxylation is 1. The Kier molecular flexibility index (Phi) is 3.34. The van der Waals surface area contributed by atoms with Crippen LogP contribution >= 0.6 is 0 Å². The third-order valence-electron chi connectivity index (χ3n) is 2.45. The van der Waals surface area contributed by atoms with Crippen LogP contribution in [0.15, 0.2) is 6.07 Å². The van der Waals surface area contributed by atoms with Crippen LogP contribution in [-0.4, -0.2) is 33.7 Å². The minimum Gasteiger partial charge on any atom is -0.382 e. The van der Waals surface area contributed by atoms with Gasteiger partial charge in [-0.3, -0.25) is 9.48 Å². The normalized spacial score (nSPS) is 10.7. The molecule has 1 aromatic heterocycles. The Hall–Kier alpha value is -1.52. The van der Waals surface area contributed by atoms with Gasteiger partial charge in [0.1, 0.15) is 12.4 Å². The smallest absolute Gasteiger partial charge is 0.244 e. The second-order valence-corrected chi connectivity index (χ2v) is 3.97. The fraction of sp³-hybridized carbons (Fsp3) is 0.600. The molecule has 0 aliphatic heterocycles. The first-order valence-corrected chi connectivity index (χ1v) is 4.97. The molecule has 0 saturated heterocycles. The van der Waals surface area contributed by atoms with Crippen LogP contribution in [-0.2, 0) is 11.3 Å². The van der Waals surface area contributed by atoms with Crippen molar-refractivity contribution in [3.63, 3.8) is 0 Å². The number of rotatable bonds is 3. The molecule has 0 unspecified atom stereocenters. The molecule has 0 fully saturated rings. The van der Waals surface area contributed by atoms with E-state index >= 15 is 0 Å². The molecule has 15 heavy (non-hydrogen) atoms. The van der Waals surface area contributed by atoms with Crippen LogP contribution in [0.2, 0.25) is 0 Å². The third-order valence-corrected chi connectivity index (χ3v) is 2.45. The van der Waals surface area contributed by atoms with Gasteiger partial charge in [-0.25, -0.2) is 0 Å². The van der Waals surface area contributed by atoms with Crippen molar-refractivity contribution in [3.05, 3.63) is 11.8 Å². The van der Waals surface area contributed by atoms with Gasteiger partial charge in [-0.15, -0.1) is 0 Å². The number of nitrogens with zero attached hydrogens (tertiary/aromatic N) is 3. The van der Waals surface area contributed by atoms with Crippen LogP contribution in [0.1, 0.15) is 19.5 Å². The summed E-state index contributed by atoms with van der Waals surface area (Å²) < 4.78 is 1.62. The van der Waals surface area contributed by atoms with Crippen molar-refractivity contribution in [3.8, 4) is 0 Å². The summed E-state index contributed by atoms with van der Waals surface area (Å²) in [7, 11) is 1.79. The van der Waals surface area contributed by atoms with E-state index in [0.29, 0.717) is 5.82 Å². The van der Waals surface area contributed by atoms with E-state index in [9.17, 15) is 4.79 Å². The summed E-state index contributed by atoms with van der Waals surface area (Å²) in [5, 5.41) is 4.04. The van der Waals surface area contributed by atoms with Crippen molar-refractivity contribution in [2.45, 2.75) is 33.4 Å². The summed E-state index contributed by atoms with van der Waals surface area (Å²) in [5.41, 5.74) is 6.44. The van der Waals surface area contributed by atoms with Crippen molar-refractivity contribution in [2.75, 3.05) is 12.8 Å². The standard InChI is InChI=1S/C10H18N4O/c1-7(2)13(4)10(15)6-14-8(3)5-9(11)12-14/h5,7H,6H2,1-4H3,(H2,11,12). The van der Waals surface area contributed by atoms with E-state index in [2.05, 4.69) is 5.10 Å². The molecule has 0 aliphatic carbocycles. The first kappa shape index (κ1) is 11.6. The molecule has 0 radical (unpaired) electrons. The van der Waals surface area contributed by atoms with Crippen LogP contribution in [0.4, 0.5) is 5.82 Å². The lowest BCUT2D eigenvalue weighted by atomic mass is 10.3. The van der Waals surface area contributed by atoms with E-state index < -0.39 is 0 Å². The Balaban J connectivity index is 2.70. The van der Waals surface area contributed by atoms with Crippen LogP contribution < -0.4 is 5.73 Å². The minimum absolute atomic E-state index is 0.0381. The molecule has 0 atom stereocenters. The average molecular weight is 210 g/mol. The van der Waals surface area contributed by atoms with Crippen LogP contribution in [0, 0.1) is 6.92 Å². The largest absolute Gasteiger partial charge is 0.382 e. The molecule has 1 amide bonds. The van der Waals surface area contributed by atoms with Crippen molar-refractivity contribution >= 4 is 11.7 Å². The van der Waals surface area contributed by atoms with Crippen molar-refractivity contribution < 1.29 is 4.79 Å². The summed E-state index contributed by atoms with van der Waals surface area (Å²) in [6.07, 6.45) is 0. The summed E-state index contributed by atoms with van der Waals surface area (Å²) in [4.78, 5) is 13.4. The summed E-state index contributed by atoms with van der Waals surface area (Å²) in [6, 6.07) is 1.95. The lowest BCUT2D eigenvalue weighted by Gasteiger charge is -2.21. The van der Waals surface area contributed by atoms with Crippen molar-refractivity contribution in [1.29, 1.82) is 0 Å². The number of likely N-dealkylation sites (N-methyl/N-ethyl adjacent to an activating group) is 1. The molecule has 2 N–H and O–H groups in total. The number of anilines is 1. The summed E-state index contributed by atoms with van der Waals surface area (Å²) in [5.74, 6) is 0.490. The zero-order valence-corrected chi connectivity index (χ0v) is 9.69. The fourth-order valence-electron chi connectivity index (χ4n) is 1.22. The van der Waals surface area contributed by atoms with E-state index in [1.165, 1.54) is 0 Å². The highest BCUT2D eigenvalue weighted by Gasteiger charge is 2.13. The average Bonchev–Trinajstić information content (AvgIpc) is 2.43. The van der Waals surface area contributed by atoms with Gasteiger partial charge in [0, 0.05) is 24.8 Å². The third kappa shape index (κ3) is 2.71. The molecule has 0 spiro atoms. The predicted octanol–water partition coefficient (Wildman–Crippen LogP) is 0.641. The van der Waals surface area contributed by atoms with E-state index in [4.69, 9.17) is 5.73 Å². The summed E-state index contributed by atoms with van der Waals surface area (Å²) in [6.45, 7) is 6.08. The molecular formula is C10H18N4O. The zero-order valence-electron chi connectivity index (χ0n) is 9.69. The highest BCUT2D eigenvalue weighted by Crippen LogP contribution is 2.05. The van der Waals surface area contributed by atoms with Gasteiger partial charge in [-0.1, -0.05) is 0 Å². The number of hydrogen-bond acceptors (Lipinski definition) is 3. The van der Waals surface area contributed by atoms with Gasteiger partial charge in [-0.2, -0.15) is 5.10 Å². The Morgan fingerprint density at radius 1 is 1.67 bits per heavy atom. The predicted molar refractivity (Wildman–Crippen MR) is 59.3 cm³/mol. The van der Waals surface area contributed by atoms with E-state index in [1.54, 1.807) is 22.7 Å². The molecule has 5 heteroatoms. The van der Waals surface area contributed by atoms with Gasteiger partial charge in [0.05, 0.1) is 0 Å². The van der Waals surface area contributed by atoms with Gasteiger partial charge in [0.25, 0.3) is 0 Å². The highest BCUT2D eigenvalue weighted by molar-refractivity contribution is 5.76. The molecule has 84 valence electrons. The van der Waals surface area contributed by atoms with Crippen LogP contribution in [0.25, 0.3) is 0 Å². The van der Waals surface area contributed by atoms with Crippen LogP contribution in [0.5, 0.6) is 0 Å². The van der Waals surface area contributed by atoms with E-state index in [1.807, 2.05) is 20.8 Å². The van der Waals surface area contributed by atoms with E-state index in [0.717, 1.165) is 5.69 Å². The molecule has 1 heterocycles. The first-order valence-electron chi connectivity index (χ1n) is 4.97. The van der Waals surface area contributed by atoms with Gasteiger partial charge in [-0.05, 0) is 20.8 Å². The maximum Gasteiger partial charge on any atom is 0.244 e. The van der Waals surface area contributed by atoms with Gasteiger partial charge in [0.2, 0.25) is 5.91 Å². The Morgan fingerprint density at radius 3 is 2.67 bits per heavy atom.